The van der Waals surface area contributed by atoms with E-state index in [2.05, 4.69) is 26.1 Å². The summed E-state index contributed by atoms with van der Waals surface area (Å²) < 4.78 is 5.52. The number of hydrogen-bond acceptors (Lipinski definition) is 4. The van der Waals surface area contributed by atoms with Crippen LogP contribution in [0.3, 0.4) is 0 Å². The molecule has 0 aliphatic carbocycles. The number of nitrogens with one attached hydrogen (secondary N) is 1. The Bertz CT molecular complexity index is 762. The number of carbonyl (C=O) groups excluding carboxylic acids is 1. The van der Waals surface area contributed by atoms with Gasteiger partial charge in [0.2, 0.25) is 0 Å². The van der Waals surface area contributed by atoms with Crippen molar-refractivity contribution in [3.05, 3.63) is 69.8 Å². The summed E-state index contributed by atoms with van der Waals surface area (Å²) in [6, 6.07) is 13.5. The van der Waals surface area contributed by atoms with E-state index in [9.17, 15) is 14.9 Å². The fraction of sp³-hybridized carbons (Fsp3) is 0.350. The van der Waals surface area contributed by atoms with Crippen LogP contribution >= 0.6 is 0 Å². The zero-order valence-electron chi connectivity index (χ0n) is 15.5. The fourth-order valence-electron chi connectivity index (χ4n) is 2.45. The highest BCUT2D eigenvalue weighted by Crippen LogP contribution is 2.24. The molecule has 2 aromatic carbocycles. The SMILES string of the molecule is C[C@@H](NC(=O)COc1ccc(C(C)(C)C)cc1)c1ccc([N+](=O)[O-])cc1. The van der Waals surface area contributed by atoms with Crippen LogP contribution in [0.2, 0.25) is 0 Å². The molecule has 0 unspecified atom stereocenters. The third-order valence-corrected chi connectivity index (χ3v) is 4.07. The lowest BCUT2D eigenvalue weighted by Gasteiger charge is -2.19. The van der Waals surface area contributed by atoms with Crippen LogP contribution in [0.4, 0.5) is 5.69 Å². The van der Waals surface area contributed by atoms with Gasteiger partial charge in [-0.3, -0.25) is 14.9 Å². The van der Waals surface area contributed by atoms with Crippen LogP contribution in [0.5, 0.6) is 5.75 Å². The highest BCUT2D eigenvalue weighted by Gasteiger charge is 2.14. The Labute approximate surface area is 153 Å². The van der Waals surface area contributed by atoms with Crippen LogP contribution < -0.4 is 10.1 Å². The zero-order valence-corrected chi connectivity index (χ0v) is 15.5. The van der Waals surface area contributed by atoms with E-state index in [1.807, 2.05) is 31.2 Å². The first-order valence-electron chi connectivity index (χ1n) is 8.44. The first-order chi connectivity index (χ1) is 12.2. The summed E-state index contributed by atoms with van der Waals surface area (Å²) in [6.45, 7) is 8.13. The highest BCUT2D eigenvalue weighted by molar-refractivity contribution is 5.78. The molecule has 1 N–H and O–H groups in total. The average molecular weight is 356 g/mol. The topological polar surface area (TPSA) is 81.5 Å². The predicted molar refractivity (Wildman–Crippen MR) is 100 cm³/mol. The van der Waals surface area contributed by atoms with Gasteiger partial charge in [0.1, 0.15) is 5.75 Å². The van der Waals surface area contributed by atoms with Gasteiger partial charge in [-0.2, -0.15) is 0 Å². The molecule has 0 radical (unpaired) electrons. The number of non-ortho nitro benzene ring substituents is 1. The minimum absolute atomic E-state index is 0.0225. The van der Waals surface area contributed by atoms with Crippen molar-refractivity contribution in [3.63, 3.8) is 0 Å². The molecule has 2 aromatic rings. The molecule has 0 fully saturated rings. The summed E-state index contributed by atoms with van der Waals surface area (Å²) in [7, 11) is 0. The number of rotatable bonds is 6. The van der Waals surface area contributed by atoms with Gasteiger partial charge in [0.15, 0.2) is 6.61 Å². The number of hydrogen-bond donors (Lipinski definition) is 1. The molecule has 26 heavy (non-hydrogen) atoms. The van der Waals surface area contributed by atoms with Gasteiger partial charge >= 0.3 is 0 Å². The number of nitro benzene ring substituents is 1. The normalized spacial score (nSPS) is 12.3. The van der Waals surface area contributed by atoms with E-state index in [4.69, 9.17) is 4.74 Å². The second kappa shape index (κ2) is 7.99. The maximum absolute atomic E-state index is 12.1. The van der Waals surface area contributed by atoms with E-state index in [0.717, 1.165) is 5.56 Å². The van der Waals surface area contributed by atoms with Gasteiger partial charge in [0, 0.05) is 12.1 Å². The molecule has 0 saturated heterocycles. The summed E-state index contributed by atoms with van der Waals surface area (Å²) in [4.78, 5) is 22.3. The van der Waals surface area contributed by atoms with Crippen LogP contribution in [0, 0.1) is 10.1 Å². The van der Waals surface area contributed by atoms with Crippen molar-refractivity contribution >= 4 is 11.6 Å². The summed E-state index contributed by atoms with van der Waals surface area (Å²) in [5.41, 5.74) is 2.07. The summed E-state index contributed by atoms with van der Waals surface area (Å²) in [5, 5.41) is 13.5. The highest BCUT2D eigenvalue weighted by atomic mass is 16.6. The molecule has 0 aliphatic heterocycles. The molecule has 0 heterocycles. The van der Waals surface area contributed by atoms with Crippen molar-refractivity contribution in [1.29, 1.82) is 0 Å². The molecule has 1 atom stereocenters. The Hall–Kier alpha value is -2.89. The number of amides is 1. The van der Waals surface area contributed by atoms with Gasteiger partial charge < -0.3 is 10.1 Å². The van der Waals surface area contributed by atoms with Crippen molar-refractivity contribution in [1.82, 2.24) is 5.32 Å². The minimum Gasteiger partial charge on any atom is -0.484 e. The Balaban J connectivity index is 1.87. The first-order valence-corrected chi connectivity index (χ1v) is 8.44. The maximum atomic E-state index is 12.1. The van der Waals surface area contributed by atoms with Crippen molar-refractivity contribution in [3.8, 4) is 5.75 Å². The van der Waals surface area contributed by atoms with E-state index < -0.39 is 4.92 Å². The lowest BCUT2D eigenvalue weighted by Crippen LogP contribution is -2.31. The van der Waals surface area contributed by atoms with Gasteiger partial charge in [0.25, 0.3) is 11.6 Å². The minimum atomic E-state index is -0.453. The second-order valence-electron chi connectivity index (χ2n) is 7.20. The maximum Gasteiger partial charge on any atom is 0.269 e. The van der Waals surface area contributed by atoms with Gasteiger partial charge in [0.05, 0.1) is 11.0 Å². The molecule has 0 saturated carbocycles. The lowest BCUT2D eigenvalue weighted by atomic mass is 9.87. The molecule has 0 aliphatic rings. The van der Waals surface area contributed by atoms with Crippen molar-refractivity contribution in [2.75, 3.05) is 6.61 Å². The number of nitrogens with zero attached hydrogens (tertiary/aromatic N) is 1. The van der Waals surface area contributed by atoms with Gasteiger partial charge in [-0.05, 0) is 35.6 Å². The number of nitro groups is 1. The molecule has 6 nitrogen and oxygen atoms in total. The quantitative estimate of drug-likeness (QED) is 0.623. The Kier molecular flexibility index (Phi) is 5.97. The monoisotopic (exact) mass is 356 g/mol. The van der Waals surface area contributed by atoms with E-state index in [-0.39, 0.29) is 29.7 Å². The van der Waals surface area contributed by atoms with Crippen molar-refractivity contribution in [2.45, 2.75) is 39.2 Å². The van der Waals surface area contributed by atoms with Gasteiger partial charge in [-0.1, -0.05) is 45.0 Å². The van der Waals surface area contributed by atoms with Crippen molar-refractivity contribution in [2.24, 2.45) is 0 Å². The number of carbonyl (C=O) groups is 1. The van der Waals surface area contributed by atoms with Crippen molar-refractivity contribution < 1.29 is 14.5 Å². The van der Waals surface area contributed by atoms with Crippen LogP contribution in [0.1, 0.15) is 44.9 Å². The molecular weight excluding hydrogens is 332 g/mol. The summed E-state index contributed by atoms with van der Waals surface area (Å²) in [5.74, 6) is 0.381. The van der Waals surface area contributed by atoms with E-state index in [0.29, 0.717) is 5.75 Å². The molecule has 6 heteroatoms. The second-order valence-corrected chi connectivity index (χ2v) is 7.20. The number of benzene rings is 2. The van der Waals surface area contributed by atoms with E-state index in [1.54, 1.807) is 12.1 Å². The molecule has 1 amide bonds. The van der Waals surface area contributed by atoms with Crippen LogP contribution in [-0.4, -0.2) is 17.4 Å². The first kappa shape index (κ1) is 19.4. The third-order valence-electron chi connectivity index (χ3n) is 4.07. The molecule has 0 bridgehead atoms. The standard InChI is InChI=1S/C20H24N2O4/c1-14(15-5-9-17(10-6-15)22(24)25)21-19(23)13-26-18-11-7-16(8-12-18)20(2,3)4/h5-12,14H,13H2,1-4H3,(H,21,23)/t14-/m1/s1. The largest absolute Gasteiger partial charge is 0.484 e. The van der Waals surface area contributed by atoms with Gasteiger partial charge in [-0.15, -0.1) is 0 Å². The van der Waals surface area contributed by atoms with Crippen LogP contribution in [0.25, 0.3) is 0 Å². The summed E-state index contributed by atoms with van der Waals surface area (Å²) >= 11 is 0. The lowest BCUT2D eigenvalue weighted by molar-refractivity contribution is -0.384. The fourth-order valence-corrected chi connectivity index (χ4v) is 2.45. The molecule has 138 valence electrons. The average Bonchev–Trinajstić information content (AvgIpc) is 2.59. The third kappa shape index (κ3) is 5.31. The predicted octanol–water partition coefficient (Wildman–Crippen LogP) is 4.15. The van der Waals surface area contributed by atoms with Crippen LogP contribution in [-0.2, 0) is 10.2 Å². The smallest absolute Gasteiger partial charge is 0.269 e. The Morgan fingerprint density at radius 3 is 2.19 bits per heavy atom. The molecule has 0 aromatic heterocycles. The zero-order chi connectivity index (χ0) is 19.3. The van der Waals surface area contributed by atoms with E-state index >= 15 is 0 Å². The Morgan fingerprint density at radius 1 is 1.12 bits per heavy atom. The molecule has 2 rings (SSSR count). The Morgan fingerprint density at radius 2 is 1.69 bits per heavy atom. The molecular formula is C20H24N2O4. The molecule has 0 spiro atoms. The van der Waals surface area contributed by atoms with Gasteiger partial charge in [-0.25, -0.2) is 0 Å². The summed E-state index contributed by atoms with van der Waals surface area (Å²) in [6.07, 6.45) is 0. The van der Waals surface area contributed by atoms with E-state index in [1.165, 1.54) is 17.7 Å². The van der Waals surface area contributed by atoms with Crippen LogP contribution in [0.15, 0.2) is 48.5 Å². The number of ether oxygens (including phenoxy) is 1.